The Morgan fingerprint density at radius 3 is 2.19 bits per heavy atom. The van der Waals surface area contributed by atoms with E-state index in [1.807, 2.05) is 114 Å². The first kappa shape index (κ1) is 32.7. The van der Waals surface area contributed by atoms with E-state index in [9.17, 15) is 14.3 Å². The molecule has 219 valence electrons. The third-order valence-corrected chi connectivity index (χ3v) is 6.56. The van der Waals surface area contributed by atoms with Crippen molar-refractivity contribution in [3.8, 4) is 22.8 Å². The van der Waals surface area contributed by atoms with E-state index in [-0.39, 0.29) is 42.9 Å². The van der Waals surface area contributed by atoms with E-state index in [1.165, 1.54) is 12.1 Å². The maximum atomic E-state index is 14.6. The smallest absolute Gasteiger partial charge is 0.217 e. The fraction of sp³-hybridized carbons (Fsp3) is 0.222. The second-order valence-corrected chi connectivity index (χ2v) is 11.9. The summed E-state index contributed by atoms with van der Waals surface area (Å²) in [6.45, 7) is 11.1. The van der Waals surface area contributed by atoms with Gasteiger partial charge in [0.1, 0.15) is 11.6 Å². The molecule has 42 heavy (non-hydrogen) atoms. The van der Waals surface area contributed by atoms with E-state index >= 15 is 0 Å². The number of aliphatic hydroxyl groups is 1. The molecule has 1 heterocycles. The van der Waals surface area contributed by atoms with E-state index in [2.05, 4.69) is 11.1 Å². The average Bonchev–Trinajstić information content (AvgIpc) is 2.93. The van der Waals surface area contributed by atoms with E-state index in [0.717, 1.165) is 27.3 Å². The molecule has 0 aliphatic heterocycles. The van der Waals surface area contributed by atoms with Gasteiger partial charge in [0.25, 0.3) is 0 Å². The molecule has 4 aromatic carbocycles. The molecule has 0 bridgehead atoms. The second kappa shape index (κ2) is 13.4. The summed E-state index contributed by atoms with van der Waals surface area (Å²) in [5, 5.41) is 12.8. The fourth-order valence-corrected chi connectivity index (χ4v) is 4.04. The van der Waals surface area contributed by atoms with Gasteiger partial charge in [-0.15, -0.1) is 12.1 Å². The molecule has 4 nitrogen and oxygen atoms in total. The third kappa shape index (κ3) is 7.90. The zero-order chi connectivity index (χ0) is 29.8. The molecule has 0 atom stereocenters. The standard InChI is InChI=1S/C25H15FNO.C11H20O2.Ir/c26-23-14-13-20(17-7-3-1-4-8-17)25-21(23)12-11-18-16-27-24(15-22(18)25)28-19-9-5-2-6-10-19;1-10(2,3)8(12)7-9(13)11(4,5)6;/h1-9,11-16H;7,12H,1-6H3;/q-1;;/b;8-7-;. The minimum absolute atomic E-state index is 0. The van der Waals surface area contributed by atoms with Crippen LogP contribution in [0.4, 0.5) is 4.39 Å². The van der Waals surface area contributed by atoms with E-state index in [1.54, 1.807) is 12.3 Å². The summed E-state index contributed by atoms with van der Waals surface area (Å²) in [4.78, 5) is 15.9. The van der Waals surface area contributed by atoms with Crippen LogP contribution in [0, 0.1) is 22.7 Å². The summed E-state index contributed by atoms with van der Waals surface area (Å²) < 4.78 is 20.5. The Bertz CT molecular complexity index is 1700. The maximum Gasteiger partial charge on any atom is 0.217 e. The van der Waals surface area contributed by atoms with Crippen molar-refractivity contribution in [1.82, 2.24) is 4.98 Å². The Labute approximate surface area is 260 Å². The van der Waals surface area contributed by atoms with Crippen LogP contribution in [0.1, 0.15) is 41.5 Å². The van der Waals surface area contributed by atoms with Gasteiger partial charge in [-0.05, 0) is 22.6 Å². The molecule has 0 amide bonds. The number of fused-ring (bicyclic) bond motifs is 3. The van der Waals surface area contributed by atoms with Gasteiger partial charge in [0, 0.05) is 71.2 Å². The summed E-state index contributed by atoms with van der Waals surface area (Å²) in [7, 11) is 0. The number of nitrogens with zero attached hydrogens (tertiary/aromatic N) is 1. The molecule has 5 aromatic rings. The van der Waals surface area contributed by atoms with Gasteiger partial charge < -0.3 is 9.84 Å². The topological polar surface area (TPSA) is 59.4 Å². The van der Waals surface area contributed by atoms with Gasteiger partial charge in [-0.1, -0.05) is 90.1 Å². The Balaban J connectivity index is 0.000000297. The molecular weight excluding hydrogens is 706 g/mol. The van der Waals surface area contributed by atoms with Crippen LogP contribution >= 0.6 is 0 Å². The summed E-state index contributed by atoms with van der Waals surface area (Å²) in [5.41, 5.74) is 1.25. The Kier molecular flexibility index (Phi) is 10.4. The Hall–Kier alpha value is -3.86. The first-order valence-electron chi connectivity index (χ1n) is 13.5. The van der Waals surface area contributed by atoms with Crippen LogP contribution in [0.15, 0.2) is 103 Å². The van der Waals surface area contributed by atoms with Crippen LogP contribution in [0.3, 0.4) is 0 Å². The molecular formula is C36H35FIrNO3-. The summed E-state index contributed by atoms with van der Waals surface area (Å²) in [5.74, 6) is 0.898. The summed E-state index contributed by atoms with van der Waals surface area (Å²) in [6.07, 6.45) is 3.09. The largest absolute Gasteiger partial charge is 0.512 e. The number of aromatic nitrogens is 1. The van der Waals surface area contributed by atoms with Crippen molar-refractivity contribution in [2.24, 2.45) is 10.8 Å². The van der Waals surface area contributed by atoms with E-state index in [4.69, 9.17) is 4.74 Å². The molecule has 1 radical (unpaired) electrons. The fourth-order valence-electron chi connectivity index (χ4n) is 4.04. The maximum absolute atomic E-state index is 14.6. The second-order valence-electron chi connectivity index (χ2n) is 11.9. The minimum atomic E-state index is -0.417. The Morgan fingerprint density at radius 1 is 0.881 bits per heavy atom. The van der Waals surface area contributed by atoms with Crippen molar-refractivity contribution in [3.05, 3.63) is 115 Å². The first-order valence-corrected chi connectivity index (χ1v) is 13.5. The number of pyridine rings is 1. The minimum Gasteiger partial charge on any atom is -0.512 e. The predicted molar refractivity (Wildman–Crippen MR) is 165 cm³/mol. The number of hydrogen-bond acceptors (Lipinski definition) is 4. The monoisotopic (exact) mass is 741 g/mol. The molecule has 0 unspecified atom stereocenters. The van der Waals surface area contributed by atoms with Crippen LogP contribution < -0.4 is 4.74 Å². The van der Waals surface area contributed by atoms with Gasteiger partial charge in [-0.25, -0.2) is 9.37 Å². The van der Waals surface area contributed by atoms with E-state index in [0.29, 0.717) is 17.0 Å². The first-order chi connectivity index (χ1) is 19.3. The summed E-state index contributed by atoms with van der Waals surface area (Å²) >= 11 is 0. The summed E-state index contributed by atoms with van der Waals surface area (Å²) in [6, 6.07) is 29.3. The van der Waals surface area contributed by atoms with Gasteiger partial charge in [-0.2, -0.15) is 18.2 Å². The van der Waals surface area contributed by atoms with Gasteiger partial charge in [-0.3, -0.25) is 4.79 Å². The van der Waals surface area contributed by atoms with Gasteiger partial charge in [0.2, 0.25) is 5.88 Å². The van der Waals surface area contributed by atoms with Crippen molar-refractivity contribution in [2.75, 3.05) is 0 Å². The van der Waals surface area contributed by atoms with Crippen molar-refractivity contribution >= 4 is 27.3 Å². The number of allylic oxidation sites excluding steroid dienone is 2. The van der Waals surface area contributed by atoms with Crippen molar-refractivity contribution < 1.29 is 39.1 Å². The molecule has 1 N–H and O–H groups in total. The normalized spacial score (nSPS) is 11.8. The quantitative estimate of drug-likeness (QED) is 0.0863. The number of aliphatic hydroxyl groups excluding tert-OH is 1. The number of hydrogen-bond donors (Lipinski definition) is 1. The van der Waals surface area contributed by atoms with Crippen molar-refractivity contribution in [1.29, 1.82) is 0 Å². The molecule has 0 aliphatic carbocycles. The van der Waals surface area contributed by atoms with Gasteiger partial charge >= 0.3 is 0 Å². The molecule has 1 aromatic heterocycles. The van der Waals surface area contributed by atoms with Crippen LogP contribution in [-0.2, 0) is 24.9 Å². The van der Waals surface area contributed by atoms with Crippen molar-refractivity contribution in [3.63, 3.8) is 0 Å². The molecule has 0 fully saturated rings. The molecule has 0 aliphatic rings. The van der Waals surface area contributed by atoms with Crippen molar-refractivity contribution in [2.45, 2.75) is 41.5 Å². The number of carbonyl (C=O) groups excluding carboxylic acids is 1. The molecule has 0 saturated carbocycles. The van der Waals surface area contributed by atoms with Gasteiger partial charge in [0.15, 0.2) is 5.78 Å². The number of para-hydroxylation sites is 1. The Morgan fingerprint density at radius 2 is 1.57 bits per heavy atom. The number of rotatable bonds is 4. The van der Waals surface area contributed by atoms with Gasteiger partial charge in [0.05, 0.1) is 0 Å². The van der Waals surface area contributed by atoms with E-state index < -0.39 is 5.41 Å². The molecule has 0 saturated heterocycles. The number of benzene rings is 4. The number of ketones is 1. The van der Waals surface area contributed by atoms with Crippen LogP contribution in [0.2, 0.25) is 0 Å². The number of ether oxygens (including phenoxy) is 1. The third-order valence-electron chi connectivity index (χ3n) is 6.56. The molecule has 0 spiro atoms. The predicted octanol–water partition coefficient (Wildman–Crippen LogP) is 9.87. The molecule has 6 heteroatoms. The SMILES string of the molecule is CC(C)(C)C(=O)/C=C(\O)C(C)(C)C.Fc1ccc(-c2ccccc2)c2c1ccc1cnc(Oc3[c-]cccc3)cc12.[Ir]. The van der Waals surface area contributed by atoms with Crippen LogP contribution in [0.25, 0.3) is 32.7 Å². The molecule has 5 rings (SSSR count). The zero-order valence-corrected chi connectivity index (χ0v) is 27.1. The zero-order valence-electron chi connectivity index (χ0n) is 24.7. The number of halogens is 1. The number of carbonyl (C=O) groups is 1. The van der Waals surface area contributed by atoms with Crippen LogP contribution in [0.5, 0.6) is 11.6 Å². The average molecular weight is 741 g/mol. The van der Waals surface area contributed by atoms with Crippen LogP contribution in [-0.4, -0.2) is 15.9 Å².